The van der Waals surface area contributed by atoms with Crippen molar-refractivity contribution in [3.05, 3.63) is 41.5 Å². The first-order chi connectivity index (χ1) is 20.3. The van der Waals surface area contributed by atoms with Crippen molar-refractivity contribution in [1.82, 2.24) is 35.4 Å². The monoisotopic (exact) mass is 637 g/mol. The Morgan fingerprint density at radius 3 is 2.39 bits per heavy atom. The highest BCUT2D eigenvalue weighted by molar-refractivity contribution is 5.91. The number of halogens is 8. The zero-order valence-electron chi connectivity index (χ0n) is 23.9. The number of alkyl halides is 7. The maximum atomic E-state index is 15.8. The van der Waals surface area contributed by atoms with E-state index in [0.717, 1.165) is 6.07 Å². The second kappa shape index (κ2) is 12.3. The van der Waals surface area contributed by atoms with E-state index >= 15 is 4.39 Å². The predicted molar refractivity (Wildman–Crippen MR) is 141 cm³/mol. The summed E-state index contributed by atoms with van der Waals surface area (Å²) in [6, 6.07) is 0.763. The summed E-state index contributed by atoms with van der Waals surface area (Å²) in [6.45, 7) is 2.71. The Hall–Kier alpha value is -3.79. The number of hydrogen-bond donors (Lipinski definition) is 3. The van der Waals surface area contributed by atoms with Crippen LogP contribution in [0.2, 0.25) is 0 Å². The number of rotatable bonds is 10. The van der Waals surface area contributed by atoms with Gasteiger partial charge in [-0.3, -0.25) is 9.59 Å². The van der Waals surface area contributed by atoms with Gasteiger partial charge in [-0.15, -0.1) is 0 Å². The van der Waals surface area contributed by atoms with Gasteiger partial charge in [0.2, 0.25) is 17.7 Å². The molecule has 1 aromatic carbocycles. The molecular weight excluding hydrogens is 606 g/mol. The molecule has 2 amide bonds. The zero-order valence-corrected chi connectivity index (χ0v) is 23.9. The Balaban J connectivity index is 1.72. The average molecular weight is 638 g/mol. The van der Waals surface area contributed by atoms with Gasteiger partial charge in [-0.1, -0.05) is 6.07 Å². The molecule has 1 saturated carbocycles. The molecule has 0 bridgehead atoms. The minimum atomic E-state index is -4.95. The molecule has 3 aromatic rings. The third-order valence-corrected chi connectivity index (χ3v) is 7.42. The third-order valence-electron chi connectivity index (χ3n) is 7.42. The van der Waals surface area contributed by atoms with Crippen molar-refractivity contribution in [2.75, 3.05) is 6.54 Å². The van der Waals surface area contributed by atoms with Crippen LogP contribution < -0.4 is 10.6 Å². The van der Waals surface area contributed by atoms with Gasteiger partial charge in [0.1, 0.15) is 17.7 Å². The quantitative estimate of drug-likeness (QED) is 0.237. The summed E-state index contributed by atoms with van der Waals surface area (Å²) in [5.41, 5.74) is -1.23. The molecule has 2 atom stereocenters. The molecular formula is C27H31F8N7O2. The molecule has 1 aliphatic rings. The van der Waals surface area contributed by atoms with Crippen LogP contribution in [-0.4, -0.2) is 61.1 Å². The molecule has 0 spiro atoms. The van der Waals surface area contributed by atoms with E-state index in [1.54, 1.807) is 19.2 Å². The summed E-state index contributed by atoms with van der Waals surface area (Å²) >= 11 is 0. The largest absolute Gasteiger partial charge is 0.390 e. The summed E-state index contributed by atoms with van der Waals surface area (Å²) in [5.74, 6) is -12.7. The molecule has 0 aliphatic heterocycles. The van der Waals surface area contributed by atoms with Gasteiger partial charge in [0.15, 0.2) is 5.82 Å². The van der Waals surface area contributed by atoms with Crippen LogP contribution in [0.15, 0.2) is 18.5 Å². The molecule has 2 heterocycles. The third kappa shape index (κ3) is 7.83. The van der Waals surface area contributed by atoms with Crippen molar-refractivity contribution in [2.24, 2.45) is 5.92 Å². The Bertz CT molecular complexity index is 1490. The number of carbonyl (C=O) groups is 2. The molecule has 2 unspecified atom stereocenters. The number of hydrogen-bond acceptors (Lipinski definition) is 5. The zero-order chi connectivity index (χ0) is 32.6. The van der Waals surface area contributed by atoms with Gasteiger partial charge >= 0.3 is 6.18 Å². The fraction of sp³-hybridized carbons (Fsp3) is 0.593. The molecule has 242 valence electrons. The van der Waals surface area contributed by atoms with Crippen molar-refractivity contribution in [2.45, 2.75) is 88.9 Å². The van der Waals surface area contributed by atoms with Gasteiger partial charge in [0, 0.05) is 31.4 Å². The predicted octanol–water partition coefficient (Wildman–Crippen LogP) is 5.98. The van der Waals surface area contributed by atoms with Crippen LogP contribution in [0.25, 0.3) is 11.0 Å². The van der Waals surface area contributed by atoms with E-state index in [0.29, 0.717) is 6.92 Å². The van der Waals surface area contributed by atoms with Crippen LogP contribution >= 0.6 is 0 Å². The Morgan fingerprint density at radius 2 is 1.80 bits per heavy atom. The molecule has 17 heteroatoms. The van der Waals surface area contributed by atoms with Crippen molar-refractivity contribution in [3.8, 4) is 0 Å². The number of fused-ring (bicyclic) bond motifs is 1. The maximum absolute atomic E-state index is 15.8. The van der Waals surface area contributed by atoms with E-state index in [-0.39, 0.29) is 36.0 Å². The van der Waals surface area contributed by atoms with Crippen molar-refractivity contribution in [3.63, 3.8) is 0 Å². The fourth-order valence-electron chi connectivity index (χ4n) is 5.24. The fourth-order valence-corrected chi connectivity index (χ4v) is 5.24. The Kier molecular flexibility index (Phi) is 9.26. The summed E-state index contributed by atoms with van der Waals surface area (Å²) in [5, 5.41) is 8.46. The van der Waals surface area contributed by atoms with E-state index in [9.17, 15) is 40.3 Å². The smallest absolute Gasteiger partial charge is 0.350 e. The molecule has 1 fully saturated rings. The minimum Gasteiger partial charge on any atom is -0.350 e. The highest BCUT2D eigenvalue weighted by atomic mass is 19.4. The topological polar surface area (TPSA) is 118 Å². The number of aromatic nitrogens is 5. The van der Waals surface area contributed by atoms with Gasteiger partial charge in [-0.05, 0) is 38.7 Å². The maximum Gasteiger partial charge on any atom is 0.390 e. The number of imidazole rings is 1. The number of carbonyl (C=O) groups excluding carboxylic acids is 2. The van der Waals surface area contributed by atoms with Gasteiger partial charge in [-0.25, -0.2) is 36.6 Å². The molecule has 1 aliphatic carbocycles. The summed E-state index contributed by atoms with van der Waals surface area (Å²) < 4.78 is 112. The number of aromatic amines is 1. The number of nitrogens with zero attached hydrogens (tertiary/aromatic N) is 4. The average Bonchev–Trinajstić information content (AvgIpc) is 3.57. The normalized spacial score (nSPS) is 17.5. The molecule has 2 aromatic heterocycles. The van der Waals surface area contributed by atoms with E-state index in [4.69, 9.17) is 0 Å². The van der Waals surface area contributed by atoms with Crippen LogP contribution in [0.4, 0.5) is 35.1 Å². The summed E-state index contributed by atoms with van der Waals surface area (Å²) in [6.07, 6.45) is -6.64. The lowest BCUT2D eigenvalue weighted by Crippen LogP contribution is -2.39. The van der Waals surface area contributed by atoms with Gasteiger partial charge < -0.3 is 15.6 Å². The lowest BCUT2D eigenvalue weighted by atomic mass is 9.81. The first kappa shape index (κ1) is 33.1. The van der Waals surface area contributed by atoms with Gasteiger partial charge in [0.25, 0.3) is 11.8 Å². The van der Waals surface area contributed by atoms with Crippen LogP contribution in [0, 0.1) is 11.7 Å². The second-order valence-corrected chi connectivity index (χ2v) is 11.4. The Morgan fingerprint density at radius 1 is 1.14 bits per heavy atom. The van der Waals surface area contributed by atoms with Crippen LogP contribution in [0.3, 0.4) is 0 Å². The molecule has 3 N–H and O–H groups in total. The summed E-state index contributed by atoms with van der Waals surface area (Å²) in [4.78, 5) is 36.8. The number of H-pyrrole nitrogens is 1. The standard InChI is InChI=1S/C27H31F8N7O2/c1-13(2)42-22(37-12-38-42)24(44)41-19(14-6-8-26(31,32)9-7-14)21-39-17-5-4-15(18(28)20(17)40-21)16(10-27(33,34)35)23(43)36-11-25(3,29)30/h4-5,12-14,16,19H,6-11H2,1-3H3,(H,36,43)(H,39,40)(H,41,44). The minimum absolute atomic E-state index is 0.0155. The van der Waals surface area contributed by atoms with Crippen molar-refractivity contribution < 1.29 is 44.7 Å². The molecule has 4 rings (SSSR count). The molecule has 9 nitrogen and oxygen atoms in total. The highest BCUT2D eigenvalue weighted by Gasteiger charge is 2.41. The molecule has 0 radical (unpaired) electrons. The van der Waals surface area contributed by atoms with Crippen molar-refractivity contribution >= 4 is 22.8 Å². The Labute approximate surface area is 246 Å². The highest BCUT2D eigenvalue weighted by Crippen LogP contribution is 2.42. The van der Waals surface area contributed by atoms with E-state index < -0.39 is 90.4 Å². The number of amides is 2. The SMILES string of the molecule is CC(C)n1ncnc1C(=O)NC(c1nc2c(F)c(C(CC(F)(F)F)C(=O)NCC(C)(F)F)ccc2[nH]1)C1CCC(F)(F)CC1. The van der Waals surface area contributed by atoms with Crippen LogP contribution in [-0.2, 0) is 4.79 Å². The lowest BCUT2D eigenvalue weighted by Gasteiger charge is -2.33. The van der Waals surface area contributed by atoms with Crippen molar-refractivity contribution in [1.29, 1.82) is 0 Å². The molecule has 0 saturated heterocycles. The van der Waals surface area contributed by atoms with Gasteiger partial charge in [0.05, 0.1) is 30.4 Å². The van der Waals surface area contributed by atoms with E-state index in [1.807, 2.05) is 0 Å². The number of nitrogens with one attached hydrogen (secondary N) is 3. The van der Waals surface area contributed by atoms with Crippen LogP contribution in [0.1, 0.15) is 92.9 Å². The van der Waals surface area contributed by atoms with Crippen LogP contribution in [0.5, 0.6) is 0 Å². The first-order valence-electron chi connectivity index (χ1n) is 13.8. The lowest BCUT2D eigenvalue weighted by molar-refractivity contribution is -0.148. The van der Waals surface area contributed by atoms with E-state index in [1.165, 1.54) is 17.1 Å². The first-order valence-corrected chi connectivity index (χ1v) is 13.8. The summed E-state index contributed by atoms with van der Waals surface area (Å²) in [7, 11) is 0. The van der Waals surface area contributed by atoms with Gasteiger partial charge in [-0.2, -0.15) is 18.3 Å². The molecule has 44 heavy (non-hydrogen) atoms. The van der Waals surface area contributed by atoms with E-state index in [2.05, 4.69) is 25.4 Å². The number of benzene rings is 1. The second-order valence-electron chi connectivity index (χ2n) is 11.4.